The van der Waals surface area contributed by atoms with Crippen LogP contribution >= 0.6 is 27.1 Å². The molecule has 0 aliphatic rings. The molecule has 11 heteroatoms. The van der Waals surface area contributed by atoms with Gasteiger partial charge in [0.1, 0.15) is 23.3 Å². The quantitative estimate of drug-likeness (QED) is 0.373. The molecule has 3 N–H and O–H groups in total. The summed E-state index contributed by atoms with van der Waals surface area (Å²) >= 11 is 1.99. The number of nitrogens with zero attached hydrogens (tertiary/aromatic N) is 5. The smallest absolute Gasteiger partial charge is 0.219 e. The molecule has 0 aliphatic heterocycles. The number of hydrogen-bond donors (Lipinski definition) is 3. The minimum atomic E-state index is -1.41. The van der Waals surface area contributed by atoms with E-state index in [4.69, 9.17) is 0 Å². The highest BCUT2D eigenvalue weighted by molar-refractivity contribution is 9.10. The molecule has 142 valence electrons. The van der Waals surface area contributed by atoms with Gasteiger partial charge in [0.2, 0.25) is 11.0 Å². The SMILES string of the molecule is Cc1cc(Br)cnc1NCCCN=c1[nH][s+]([O-])[nH]c1=NCc1ccncn1. The number of rotatable bonds is 7. The lowest BCUT2D eigenvalue weighted by atomic mass is 10.3. The highest BCUT2D eigenvalue weighted by atomic mass is 79.9. The zero-order chi connectivity index (χ0) is 19.1. The van der Waals surface area contributed by atoms with Crippen LogP contribution in [0.1, 0.15) is 17.7 Å². The molecule has 0 saturated carbocycles. The van der Waals surface area contributed by atoms with Gasteiger partial charge in [-0.05, 0) is 47.0 Å². The molecule has 1 atom stereocenters. The van der Waals surface area contributed by atoms with Crippen LogP contribution in [-0.4, -0.2) is 41.3 Å². The van der Waals surface area contributed by atoms with Crippen molar-refractivity contribution in [2.24, 2.45) is 9.98 Å². The van der Waals surface area contributed by atoms with E-state index < -0.39 is 11.1 Å². The van der Waals surface area contributed by atoms with E-state index in [0.717, 1.165) is 34.5 Å². The third-order valence-corrected chi connectivity index (χ3v) is 4.78. The van der Waals surface area contributed by atoms with E-state index in [0.29, 0.717) is 24.1 Å². The van der Waals surface area contributed by atoms with Gasteiger partial charge in [0, 0.05) is 30.0 Å². The van der Waals surface area contributed by atoms with Crippen LogP contribution < -0.4 is 16.3 Å². The van der Waals surface area contributed by atoms with Crippen molar-refractivity contribution < 1.29 is 4.55 Å². The van der Waals surface area contributed by atoms with Crippen molar-refractivity contribution in [3.05, 3.63) is 57.6 Å². The summed E-state index contributed by atoms with van der Waals surface area (Å²) in [5.41, 5.74) is 2.83. The van der Waals surface area contributed by atoms with E-state index in [1.807, 2.05) is 13.0 Å². The number of pyridine rings is 1. The molecule has 3 heterocycles. The van der Waals surface area contributed by atoms with Gasteiger partial charge in [-0.15, -0.1) is 0 Å². The van der Waals surface area contributed by atoms with Crippen molar-refractivity contribution in [1.82, 2.24) is 23.7 Å². The summed E-state index contributed by atoms with van der Waals surface area (Å²) in [7, 11) is 0. The van der Waals surface area contributed by atoms with Gasteiger partial charge in [0.05, 0.1) is 12.2 Å². The van der Waals surface area contributed by atoms with E-state index in [2.05, 4.69) is 54.9 Å². The molecule has 3 aromatic rings. The second-order valence-electron chi connectivity index (χ2n) is 5.67. The minimum absolute atomic E-state index is 0.360. The summed E-state index contributed by atoms with van der Waals surface area (Å²) in [5.74, 6) is 0.861. The minimum Gasteiger partial charge on any atom is -0.549 e. The Kier molecular flexibility index (Phi) is 6.85. The lowest BCUT2D eigenvalue weighted by molar-refractivity contribution is 0.584. The van der Waals surface area contributed by atoms with E-state index in [1.165, 1.54) is 6.33 Å². The third-order valence-electron chi connectivity index (χ3n) is 3.59. The fraction of sp³-hybridized carbons (Fsp3) is 0.312. The van der Waals surface area contributed by atoms with E-state index >= 15 is 0 Å². The molecule has 27 heavy (non-hydrogen) atoms. The summed E-state index contributed by atoms with van der Waals surface area (Å²) in [4.78, 5) is 21.2. The summed E-state index contributed by atoms with van der Waals surface area (Å²) in [6.07, 6.45) is 5.69. The van der Waals surface area contributed by atoms with Crippen LogP contribution in [0.3, 0.4) is 0 Å². The average Bonchev–Trinajstić information content (AvgIpc) is 3.02. The summed E-state index contributed by atoms with van der Waals surface area (Å²) in [6.45, 7) is 3.66. The zero-order valence-corrected chi connectivity index (χ0v) is 17.0. The number of aromatic amines is 2. The van der Waals surface area contributed by atoms with Crippen LogP contribution in [0.5, 0.6) is 0 Å². The maximum atomic E-state index is 11.7. The van der Waals surface area contributed by atoms with Gasteiger partial charge >= 0.3 is 0 Å². The van der Waals surface area contributed by atoms with Crippen LogP contribution in [0.15, 0.2) is 45.3 Å². The van der Waals surface area contributed by atoms with E-state index in [1.54, 1.807) is 18.5 Å². The first-order chi connectivity index (χ1) is 13.1. The third kappa shape index (κ3) is 5.81. The first kappa shape index (κ1) is 19.4. The molecule has 0 aliphatic carbocycles. The van der Waals surface area contributed by atoms with Crippen LogP contribution in [0, 0.1) is 6.92 Å². The number of halogens is 1. The molecule has 0 bridgehead atoms. The average molecular weight is 451 g/mol. The predicted octanol–water partition coefficient (Wildman–Crippen LogP) is 1.83. The summed E-state index contributed by atoms with van der Waals surface area (Å²) in [6, 6.07) is 3.80. The summed E-state index contributed by atoms with van der Waals surface area (Å²) < 4.78 is 18.2. The number of anilines is 1. The molecule has 1 unspecified atom stereocenters. The van der Waals surface area contributed by atoms with Crippen LogP contribution in [-0.2, 0) is 6.54 Å². The predicted molar refractivity (Wildman–Crippen MR) is 105 cm³/mol. The van der Waals surface area contributed by atoms with Gasteiger partial charge < -0.3 is 9.87 Å². The Morgan fingerprint density at radius 3 is 2.81 bits per heavy atom. The largest absolute Gasteiger partial charge is 0.549 e. The van der Waals surface area contributed by atoms with Crippen molar-refractivity contribution in [1.29, 1.82) is 0 Å². The van der Waals surface area contributed by atoms with Gasteiger partial charge in [0.15, 0.2) is 0 Å². The maximum Gasteiger partial charge on any atom is 0.219 e. The Morgan fingerprint density at radius 1 is 1.26 bits per heavy atom. The zero-order valence-electron chi connectivity index (χ0n) is 14.6. The Hall–Kier alpha value is -2.37. The standard InChI is InChI=1S/C16H19BrN8OS/c1-11-7-12(17)8-21-14(11)19-4-2-5-20-15-16(25-27(26)24-15)22-9-13-3-6-18-10-23-13/h3,6-8,10H,2,4-5,9H2,1H3,(H,19,21)(H,20,24)(H,22,25). The second kappa shape index (κ2) is 9.53. The normalized spacial score (nSPS) is 13.2. The first-order valence-electron chi connectivity index (χ1n) is 8.27. The van der Waals surface area contributed by atoms with Crippen molar-refractivity contribution in [3.8, 4) is 0 Å². The molecule has 0 aromatic carbocycles. The number of nitrogens with one attached hydrogen (secondary N) is 3. The van der Waals surface area contributed by atoms with Gasteiger partial charge in [-0.2, -0.15) is 8.75 Å². The molecule has 0 radical (unpaired) electrons. The molecule has 0 amide bonds. The molecular weight excluding hydrogens is 432 g/mol. The molecule has 3 rings (SSSR count). The maximum absolute atomic E-state index is 11.7. The van der Waals surface area contributed by atoms with Gasteiger partial charge in [-0.25, -0.2) is 15.0 Å². The fourth-order valence-corrected chi connectivity index (χ4v) is 3.46. The van der Waals surface area contributed by atoms with Crippen molar-refractivity contribution in [3.63, 3.8) is 0 Å². The molecule has 0 fully saturated rings. The molecule has 3 aromatic heterocycles. The number of aryl methyl sites for hydroxylation is 1. The Labute approximate surface area is 167 Å². The highest BCUT2D eigenvalue weighted by Crippen LogP contribution is 2.16. The Bertz CT molecular complexity index is 1010. The first-order valence-corrected chi connectivity index (χ1v) is 10.2. The number of aromatic nitrogens is 5. The van der Waals surface area contributed by atoms with Crippen LogP contribution in [0.2, 0.25) is 0 Å². The van der Waals surface area contributed by atoms with E-state index in [-0.39, 0.29) is 0 Å². The lowest BCUT2D eigenvalue weighted by Gasteiger charge is -2.07. The molecular formula is C16H19BrN8OS. The van der Waals surface area contributed by atoms with E-state index in [9.17, 15) is 4.55 Å². The summed E-state index contributed by atoms with van der Waals surface area (Å²) in [5, 5.41) is 3.29. The van der Waals surface area contributed by atoms with Crippen molar-refractivity contribution >= 4 is 32.9 Å². The Balaban J connectivity index is 1.59. The van der Waals surface area contributed by atoms with Crippen molar-refractivity contribution in [2.75, 3.05) is 18.4 Å². The van der Waals surface area contributed by atoms with Gasteiger partial charge in [-0.1, -0.05) is 0 Å². The monoisotopic (exact) mass is 450 g/mol. The number of H-pyrrole nitrogens is 2. The lowest BCUT2D eigenvalue weighted by Crippen LogP contribution is -2.26. The Morgan fingerprint density at radius 2 is 2.07 bits per heavy atom. The molecule has 0 saturated heterocycles. The van der Waals surface area contributed by atoms with Crippen molar-refractivity contribution in [2.45, 2.75) is 19.9 Å². The van der Waals surface area contributed by atoms with Crippen LogP contribution in [0.25, 0.3) is 0 Å². The van der Waals surface area contributed by atoms with Gasteiger partial charge in [-0.3, -0.25) is 9.98 Å². The topological polar surface area (TPSA) is 130 Å². The second-order valence-corrected chi connectivity index (χ2v) is 7.53. The fourth-order valence-electron chi connectivity index (χ4n) is 2.29. The molecule has 0 spiro atoms. The van der Waals surface area contributed by atoms with Gasteiger partial charge in [0.25, 0.3) is 0 Å². The number of hydrogen-bond acceptors (Lipinski definition) is 7. The van der Waals surface area contributed by atoms with Crippen LogP contribution in [0.4, 0.5) is 5.82 Å². The highest BCUT2D eigenvalue weighted by Gasteiger charge is 2.01. The molecule has 9 nitrogen and oxygen atoms in total.